The van der Waals surface area contributed by atoms with E-state index in [1.54, 1.807) is 18.5 Å². The van der Waals surface area contributed by atoms with Crippen molar-refractivity contribution >= 4 is 23.4 Å². The molecule has 0 spiro atoms. The Labute approximate surface area is 138 Å². The number of carbonyl (C=O) groups excluding carboxylic acids is 1. The van der Waals surface area contributed by atoms with Gasteiger partial charge in [-0.25, -0.2) is 9.97 Å². The van der Waals surface area contributed by atoms with E-state index in [0.29, 0.717) is 31.7 Å². The van der Waals surface area contributed by atoms with Gasteiger partial charge in [-0.3, -0.25) is 4.79 Å². The Bertz CT molecular complexity index is 675. The first kappa shape index (κ1) is 15.9. The maximum atomic E-state index is 12.4. The molecule has 0 bridgehead atoms. The molecule has 0 aromatic carbocycles. The lowest BCUT2D eigenvalue weighted by atomic mass is 9.90. The Balaban J connectivity index is 1.69. The van der Waals surface area contributed by atoms with Crippen LogP contribution < -0.4 is 11.1 Å². The highest BCUT2D eigenvalue weighted by atomic mass is 32.2. The van der Waals surface area contributed by atoms with Gasteiger partial charge in [0.15, 0.2) is 0 Å². The Morgan fingerprint density at radius 2 is 1.96 bits per heavy atom. The number of rotatable bonds is 4. The van der Waals surface area contributed by atoms with Crippen molar-refractivity contribution in [3.05, 3.63) is 42.7 Å². The third-order valence-electron chi connectivity index (χ3n) is 3.68. The number of hydrogen-bond acceptors (Lipinski definition) is 6. The molecule has 0 aliphatic carbocycles. The van der Waals surface area contributed by atoms with Gasteiger partial charge in [-0.15, -0.1) is 0 Å². The van der Waals surface area contributed by atoms with Crippen LogP contribution in [0.3, 0.4) is 0 Å². The van der Waals surface area contributed by atoms with Crippen molar-refractivity contribution in [3.8, 4) is 0 Å². The molecule has 0 unspecified atom stereocenters. The van der Waals surface area contributed by atoms with Crippen molar-refractivity contribution in [2.45, 2.75) is 28.4 Å². The average Bonchev–Trinajstić information content (AvgIpc) is 2.57. The third kappa shape index (κ3) is 4.07. The summed E-state index contributed by atoms with van der Waals surface area (Å²) in [5, 5.41) is 4.50. The number of ether oxygens (including phenoxy) is 1. The molecular weight excluding hydrogens is 312 g/mol. The first-order chi connectivity index (χ1) is 11.2. The molecule has 1 amide bonds. The van der Waals surface area contributed by atoms with Gasteiger partial charge in [-0.1, -0.05) is 17.8 Å². The molecule has 7 heteroatoms. The van der Waals surface area contributed by atoms with Gasteiger partial charge in [-0.05, 0) is 37.1 Å². The van der Waals surface area contributed by atoms with Crippen LogP contribution in [0.1, 0.15) is 12.8 Å². The zero-order valence-electron chi connectivity index (χ0n) is 12.6. The zero-order chi connectivity index (χ0) is 16.1. The van der Waals surface area contributed by atoms with Crippen molar-refractivity contribution in [1.82, 2.24) is 9.97 Å². The van der Waals surface area contributed by atoms with E-state index in [1.165, 1.54) is 11.8 Å². The molecule has 23 heavy (non-hydrogen) atoms. The van der Waals surface area contributed by atoms with E-state index in [4.69, 9.17) is 10.5 Å². The first-order valence-electron chi connectivity index (χ1n) is 7.39. The Morgan fingerprint density at radius 1 is 1.17 bits per heavy atom. The number of carbonyl (C=O) groups is 1. The van der Waals surface area contributed by atoms with Crippen molar-refractivity contribution < 1.29 is 9.53 Å². The standard InChI is InChI=1S/C16H18N4O2S/c17-16(5-9-22-10-6-16)15(21)20-12-4-8-19-14(11-12)23-13-3-1-2-7-18-13/h1-4,7-8,11H,5-6,9-10,17H2,(H,19,20,21). The van der Waals surface area contributed by atoms with Gasteiger partial charge in [0.2, 0.25) is 5.91 Å². The van der Waals surface area contributed by atoms with Crippen LogP contribution in [0.5, 0.6) is 0 Å². The lowest BCUT2D eigenvalue weighted by molar-refractivity contribution is -0.124. The molecule has 3 heterocycles. The fraction of sp³-hybridized carbons (Fsp3) is 0.312. The second-order valence-electron chi connectivity index (χ2n) is 5.38. The predicted octanol–water partition coefficient (Wildman–Crippen LogP) is 2.07. The van der Waals surface area contributed by atoms with Gasteiger partial charge in [0.05, 0.1) is 0 Å². The molecule has 0 radical (unpaired) electrons. The number of aromatic nitrogens is 2. The van der Waals surface area contributed by atoms with Gasteiger partial charge in [0, 0.05) is 31.3 Å². The minimum Gasteiger partial charge on any atom is -0.381 e. The van der Waals surface area contributed by atoms with E-state index in [-0.39, 0.29) is 5.91 Å². The van der Waals surface area contributed by atoms with E-state index in [2.05, 4.69) is 15.3 Å². The fourth-order valence-corrected chi connectivity index (χ4v) is 3.05. The van der Waals surface area contributed by atoms with Crippen molar-refractivity contribution in [2.75, 3.05) is 18.5 Å². The molecule has 1 fully saturated rings. The van der Waals surface area contributed by atoms with Crippen LogP contribution >= 0.6 is 11.8 Å². The number of nitrogens with one attached hydrogen (secondary N) is 1. The summed E-state index contributed by atoms with van der Waals surface area (Å²) in [6.07, 6.45) is 4.45. The molecule has 1 aliphatic heterocycles. The molecule has 3 rings (SSSR count). The van der Waals surface area contributed by atoms with Gasteiger partial charge < -0.3 is 15.8 Å². The minimum absolute atomic E-state index is 0.180. The van der Waals surface area contributed by atoms with Crippen LogP contribution in [0.2, 0.25) is 0 Å². The number of nitrogens with zero attached hydrogens (tertiary/aromatic N) is 2. The predicted molar refractivity (Wildman–Crippen MR) is 88.2 cm³/mol. The second-order valence-corrected chi connectivity index (χ2v) is 6.42. The molecule has 6 nitrogen and oxygen atoms in total. The highest BCUT2D eigenvalue weighted by Gasteiger charge is 2.35. The summed E-state index contributed by atoms with van der Waals surface area (Å²) in [6, 6.07) is 9.27. The summed E-state index contributed by atoms with van der Waals surface area (Å²) in [6.45, 7) is 1.03. The third-order valence-corrected chi connectivity index (χ3v) is 4.56. The smallest absolute Gasteiger partial charge is 0.244 e. The molecule has 2 aromatic heterocycles. The molecule has 0 saturated carbocycles. The lowest BCUT2D eigenvalue weighted by Crippen LogP contribution is -2.54. The molecule has 2 aromatic rings. The van der Waals surface area contributed by atoms with Crippen molar-refractivity contribution in [1.29, 1.82) is 0 Å². The van der Waals surface area contributed by atoms with E-state index < -0.39 is 5.54 Å². The molecule has 0 atom stereocenters. The second kappa shape index (κ2) is 7.08. The summed E-state index contributed by atoms with van der Waals surface area (Å²) < 4.78 is 5.27. The number of pyridine rings is 2. The van der Waals surface area contributed by atoms with Crippen LogP contribution in [-0.2, 0) is 9.53 Å². The number of amides is 1. The quantitative estimate of drug-likeness (QED) is 0.892. The lowest BCUT2D eigenvalue weighted by Gasteiger charge is -2.31. The number of nitrogens with two attached hydrogens (primary N) is 1. The van der Waals surface area contributed by atoms with Gasteiger partial charge >= 0.3 is 0 Å². The van der Waals surface area contributed by atoms with E-state index in [1.807, 2.05) is 24.3 Å². The normalized spacial score (nSPS) is 16.7. The molecular formula is C16H18N4O2S. The molecule has 1 saturated heterocycles. The fourth-order valence-electron chi connectivity index (χ4n) is 2.28. The van der Waals surface area contributed by atoms with E-state index in [0.717, 1.165) is 10.1 Å². The summed E-state index contributed by atoms with van der Waals surface area (Å²) in [5.74, 6) is -0.180. The molecule has 120 valence electrons. The van der Waals surface area contributed by atoms with Crippen molar-refractivity contribution in [2.24, 2.45) is 5.73 Å². The highest BCUT2D eigenvalue weighted by molar-refractivity contribution is 7.99. The summed E-state index contributed by atoms with van der Waals surface area (Å²) in [4.78, 5) is 21.0. The van der Waals surface area contributed by atoms with Crippen molar-refractivity contribution in [3.63, 3.8) is 0 Å². The van der Waals surface area contributed by atoms with Crippen LogP contribution in [0.15, 0.2) is 52.8 Å². The van der Waals surface area contributed by atoms with Crippen LogP contribution in [-0.4, -0.2) is 34.6 Å². The average molecular weight is 330 g/mol. The summed E-state index contributed by atoms with van der Waals surface area (Å²) in [5.41, 5.74) is 6.00. The van der Waals surface area contributed by atoms with E-state index >= 15 is 0 Å². The SMILES string of the molecule is NC1(C(=O)Nc2ccnc(Sc3ccccn3)c2)CCOCC1. The molecule has 1 aliphatic rings. The van der Waals surface area contributed by atoms with Gasteiger partial charge in [-0.2, -0.15) is 0 Å². The largest absolute Gasteiger partial charge is 0.381 e. The van der Waals surface area contributed by atoms with E-state index in [9.17, 15) is 4.79 Å². The highest BCUT2D eigenvalue weighted by Crippen LogP contribution is 2.26. The maximum absolute atomic E-state index is 12.4. The maximum Gasteiger partial charge on any atom is 0.244 e. The molecule has 3 N–H and O–H groups in total. The first-order valence-corrected chi connectivity index (χ1v) is 8.20. The monoisotopic (exact) mass is 330 g/mol. The van der Waals surface area contributed by atoms with Crippen LogP contribution in [0.4, 0.5) is 5.69 Å². The van der Waals surface area contributed by atoms with Gasteiger partial charge in [0.1, 0.15) is 15.6 Å². The number of hydrogen-bond donors (Lipinski definition) is 2. The Morgan fingerprint density at radius 3 is 2.70 bits per heavy atom. The summed E-state index contributed by atoms with van der Waals surface area (Å²) >= 11 is 1.44. The number of anilines is 1. The Kier molecular flexibility index (Phi) is 4.90. The zero-order valence-corrected chi connectivity index (χ0v) is 13.4. The van der Waals surface area contributed by atoms with Crippen LogP contribution in [0, 0.1) is 0 Å². The van der Waals surface area contributed by atoms with Crippen LogP contribution in [0.25, 0.3) is 0 Å². The van der Waals surface area contributed by atoms with Gasteiger partial charge in [0.25, 0.3) is 0 Å². The summed E-state index contributed by atoms with van der Waals surface area (Å²) in [7, 11) is 0. The Hall–Kier alpha value is -1.96. The topological polar surface area (TPSA) is 90.1 Å². The minimum atomic E-state index is -0.865.